The van der Waals surface area contributed by atoms with Crippen LogP contribution in [0.4, 0.5) is 5.13 Å². The lowest BCUT2D eigenvalue weighted by atomic mass is 10.5. The van der Waals surface area contributed by atoms with Gasteiger partial charge in [0.15, 0.2) is 5.13 Å². The molecule has 0 radical (unpaired) electrons. The normalized spacial score (nSPS) is 10.1. The quantitative estimate of drug-likeness (QED) is 0.763. The van der Waals surface area contributed by atoms with Crippen molar-refractivity contribution in [1.29, 1.82) is 0 Å². The standard InChI is InChI=1S/C10H16N2O2S2/c1-3-4-11-10-12-5-8(16-10)6-15-7-9(13)14-2/h5H,3-4,6-7H2,1-2H3,(H,11,12). The van der Waals surface area contributed by atoms with E-state index in [9.17, 15) is 4.79 Å². The maximum Gasteiger partial charge on any atom is 0.315 e. The van der Waals surface area contributed by atoms with Crippen LogP contribution < -0.4 is 5.32 Å². The molecule has 1 N–H and O–H groups in total. The van der Waals surface area contributed by atoms with Gasteiger partial charge in [-0.1, -0.05) is 6.92 Å². The largest absolute Gasteiger partial charge is 0.468 e. The molecule has 0 aliphatic rings. The van der Waals surface area contributed by atoms with Gasteiger partial charge in [0.05, 0.1) is 12.9 Å². The number of ether oxygens (including phenoxy) is 1. The van der Waals surface area contributed by atoms with Crippen LogP contribution in [0.25, 0.3) is 0 Å². The van der Waals surface area contributed by atoms with E-state index in [1.807, 2.05) is 6.20 Å². The maximum atomic E-state index is 10.9. The summed E-state index contributed by atoms with van der Waals surface area (Å²) in [7, 11) is 1.41. The molecule has 0 unspecified atom stereocenters. The number of hydrogen-bond acceptors (Lipinski definition) is 6. The molecule has 0 spiro atoms. The Hall–Kier alpha value is -0.750. The number of thioether (sulfide) groups is 1. The summed E-state index contributed by atoms with van der Waals surface area (Å²) in [6, 6.07) is 0. The first-order valence-corrected chi connectivity index (χ1v) is 7.06. The first kappa shape index (κ1) is 13.3. The molecular formula is C10H16N2O2S2. The summed E-state index contributed by atoms with van der Waals surface area (Å²) in [6.07, 6.45) is 2.94. The molecule has 0 saturated heterocycles. The highest BCUT2D eigenvalue weighted by molar-refractivity contribution is 7.99. The van der Waals surface area contributed by atoms with E-state index in [4.69, 9.17) is 0 Å². The average Bonchev–Trinajstić information content (AvgIpc) is 2.74. The summed E-state index contributed by atoms with van der Waals surface area (Å²) in [4.78, 5) is 16.3. The lowest BCUT2D eigenvalue weighted by Crippen LogP contribution is -2.02. The van der Waals surface area contributed by atoms with Crippen LogP contribution in [-0.2, 0) is 15.3 Å². The molecule has 6 heteroatoms. The molecule has 0 aromatic carbocycles. The van der Waals surface area contributed by atoms with Gasteiger partial charge >= 0.3 is 5.97 Å². The summed E-state index contributed by atoms with van der Waals surface area (Å²) >= 11 is 3.18. The smallest absolute Gasteiger partial charge is 0.315 e. The Bertz CT molecular complexity index is 328. The predicted octanol–water partition coefficient (Wildman–Crippen LogP) is 2.37. The summed E-state index contributed by atoms with van der Waals surface area (Å²) in [5.74, 6) is 1.02. The van der Waals surface area contributed by atoms with Crippen LogP contribution in [0.3, 0.4) is 0 Å². The summed E-state index contributed by atoms with van der Waals surface area (Å²) in [5.41, 5.74) is 0. The van der Waals surface area contributed by atoms with Crippen molar-refractivity contribution in [3.63, 3.8) is 0 Å². The molecule has 0 fully saturated rings. The number of nitrogens with one attached hydrogen (secondary N) is 1. The van der Waals surface area contributed by atoms with E-state index in [1.54, 1.807) is 23.1 Å². The number of carbonyl (C=O) groups excluding carboxylic acids is 1. The Morgan fingerprint density at radius 2 is 2.50 bits per heavy atom. The fourth-order valence-electron chi connectivity index (χ4n) is 0.982. The predicted molar refractivity (Wildman–Crippen MR) is 69.1 cm³/mol. The van der Waals surface area contributed by atoms with Gasteiger partial charge in [-0.2, -0.15) is 0 Å². The zero-order valence-electron chi connectivity index (χ0n) is 9.49. The van der Waals surface area contributed by atoms with Crippen LogP contribution >= 0.6 is 23.1 Å². The van der Waals surface area contributed by atoms with Crippen LogP contribution in [0.1, 0.15) is 18.2 Å². The third-order valence-corrected chi connectivity index (χ3v) is 3.86. The Morgan fingerprint density at radius 1 is 1.69 bits per heavy atom. The minimum absolute atomic E-state index is 0.182. The van der Waals surface area contributed by atoms with Gasteiger partial charge in [-0.3, -0.25) is 4.79 Å². The van der Waals surface area contributed by atoms with Crippen molar-refractivity contribution >= 4 is 34.2 Å². The topological polar surface area (TPSA) is 51.2 Å². The van der Waals surface area contributed by atoms with E-state index in [-0.39, 0.29) is 5.97 Å². The van der Waals surface area contributed by atoms with E-state index in [1.165, 1.54) is 12.0 Å². The number of anilines is 1. The second-order valence-corrected chi connectivity index (χ2v) is 5.23. The number of esters is 1. The minimum atomic E-state index is -0.182. The van der Waals surface area contributed by atoms with Gasteiger partial charge in [-0.15, -0.1) is 23.1 Å². The third kappa shape index (κ3) is 4.85. The van der Waals surface area contributed by atoms with E-state index in [0.717, 1.165) is 23.8 Å². The molecule has 1 aromatic heterocycles. The minimum Gasteiger partial charge on any atom is -0.468 e. The van der Waals surface area contributed by atoms with Crippen molar-refractivity contribution in [3.05, 3.63) is 11.1 Å². The van der Waals surface area contributed by atoms with Gasteiger partial charge in [0, 0.05) is 23.4 Å². The fourth-order valence-corrected chi connectivity index (χ4v) is 2.76. The molecule has 1 rings (SSSR count). The fraction of sp³-hybridized carbons (Fsp3) is 0.600. The molecule has 90 valence electrons. The lowest BCUT2D eigenvalue weighted by Gasteiger charge is -1.98. The van der Waals surface area contributed by atoms with Crippen LogP contribution in [0.15, 0.2) is 6.20 Å². The van der Waals surface area contributed by atoms with Crippen LogP contribution in [0.5, 0.6) is 0 Å². The third-order valence-electron chi connectivity index (χ3n) is 1.77. The number of methoxy groups -OCH3 is 1. The molecule has 1 aromatic rings. The number of hydrogen-bond donors (Lipinski definition) is 1. The molecular weight excluding hydrogens is 244 g/mol. The second kappa shape index (κ2) is 7.51. The first-order chi connectivity index (χ1) is 7.76. The van der Waals surface area contributed by atoms with Gasteiger partial charge in [0.25, 0.3) is 0 Å². The van der Waals surface area contributed by atoms with Gasteiger partial charge < -0.3 is 10.1 Å². The van der Waals surface area contributed by atoms with Gasteiger partial charge in [0.2, 0.25) is 0 Å². The van der Waals surface area contributed by atoms with E-state index in [0.29, 0.717) is 5.75 Å². The summed E-state index contributed by atoms with van der Waals surface area (Å²) < 4.78 is 4.56. The van der Waals surface area contributed by atoms with Crippen molar-refractivity contribution in [3.8, 4) is 0 Å². The highest BCUT2D eigenvalue weighted by Crippen LogP contribution is 2.22. The van der Waals surface area contributed by atoms with E-state index < -0.39 is 0 Å². The summed E-state index contributed by atoms with van der Waals surface area (Å²) in [5, 5.41) is 4.19. The first-order valence-electron chi connectivity index (χ1n) is 5.09. The van der Waals surface area contributed by atoms with Crippen LogP contribution in [-0.4, -0.2) is 30.4 Å². The van der Waals surface area contributed by atoms with Gasteiger partial charge in [0.1, 0.15) is 0 Å². The maximum absolute atomic E-state index is 10.9. The Labute approximate surface area is 104 Å². The number of nitrogens with zero attached hydrogens (tertiary/aromatic N) is 1. The molecule has 0 saturated carbocycles. The number of rotatable bonds is 7. The molecule has 4 nitrogen and oxygen atoms in total. The molecule has 0 amide bonds. The Balaban J connectivity index is 2.26. The highest BCUT2D eigenvalue weighted by Gasteiger charge is 2.04. The molecule has 0 aliphatic heterocycles. The van der Waals surface area contributed by atoms with Crippen molar-refractivity contribution in [2.75, 3.05) is 24.7 Å². The molecule has 0 atom stereocenters. The SMILES string of the molecule is CCCNc1ncc(CSCC(=O)OC)s1. The van der Waals surface area contributed by atoms with Crippen LogP contribution in [0.2, 0.25) is 0 Å². The highest BCUT2D eigenvalue weighted by atomic mass is 32.2. The average molecular weight is 260 g/mol. The zero-order chi connectivity index (χ0) is 11.8. The van der Waals surface area contributed by atoms with E-state index >= 15 is 0 Å². The molecule has 1 heterocycles. The Morgan fingerprint density at radius 3 is 3.19 bits per heavy atom. The molecule has 0 bridgehead atoms. The van der Waals surface area contributed by atoms with Gasteiger partial charge in [-0.25, -0.2) is 4.98 Å². The number of carbonyl (C=O) groups is 1. The zero-order valence-corrected chi connectivity index (χ0v) is 11.1. The summed E-state index contributed by atoms with van der Waals surface area (Å²) in [6.45, 7) is 3.07. The lowest BCUT2D eigenvalue weighted by molar-refractivity contribution is -0.137. The number of aromatic nitrogens is 1. The van der Waals surface area contributed by atoms with Crippen LogP contribution in [0, 0.1) is 0 Å². The van der Waals surface area contributed by atoms with E-state index in [2.05, 4.69) is 22.0 Å². The van der Waals surface area contributed by atoms with Crippen molar-refractivity contribution in [1.82, 2.24) is 4.98 Å². The van der Waals surface area contributed by atoms with Crippen molar-refractivity contribution < 1.29 is 9.53 Å². The Kier molecular flexibility index (Phi) is 6.25. The van der Waals surface area contributed by atoms with Crippen molar-refractivity contribution in [2.45, 2.75) is 19.1 Å². The van der Waals surface area contributed by atoms with Crippen molar-refractivity contribution in [2.24, 2.45) is 0 Å². The molecule has 0 aliphatic carbocycles. The van der Waals surface area contributed by atoms with Gasteiger partial charge in [-0.05, 0) is 6.42 Å². The monoisotopic (exact) mass is 260 g/mol. The molecule has 16 heavy (non-hydrogen) atoms. The second-order valence-electron chi connectivity index (χ2n) is 3.13. The number of thiazole rings is 1.